The summed E-state index contributed by atoms with van der Waals surface area (Å²) in [7, 11) is 1.64. The van der Waals surface area contributed by atoms with Gasteiger partial charge in [-0.3, -0.25) is 4.79 Å². The first kappa shape index (κ1) is 22.0. The second kappa shape index (κ2) is 9.59. The highest BCUT2D eigenvalue weighted by molar-refractivity contribution is 5.96. The largest absolute Gasteiger partial charge is 0.497 e. The summed E-state index contributed by atoms with van der Waals surface area (Å²) in [5, 5.41) is 0. The Bertz CT molecular complexity index is 1310. The summed E-state index contributed by atoms with van der Waals surface area (Å²) in [6.07, 6.45) is 1.29. The van der Waals surface area contributed by atoms with Crippen molar-refractivity contribution in [3.8, 4) is 11.5 Å². The van der Waals surface area contributed by atoms with Crippen molar-refractivity contribution < 1.29 is 14.3 Å². The molecule has 0 spiro atoms. The van der Waals surface area contributed by atoms with E-state index in [9.17, 15) is 4.79 Å². The maximum absolute atomic E-state index is 13.0. The Morgan fingerprint density at radius 2 is 1.82 bits per heavy atom. The lowest BCUT2D eigenvalue weighted by molar-refractivity contribution is -0.117. The molecule has 3 aromatic carbocycles. The first-order chi connectivity index (χ1) is 16.6. The van der Waals surface area contributed by atoms with Crippen molar-refractivity contribution in [1.82, 2.24) is 9.55 Å². The van der Waals surface area contributed by atoms with Crippen LogP contribution in [0.2, 0.25) is 0 Å². The highest BCUT2D eigenvalue weighted by atomic mass is 16.5. The van der Waals surface area contributed by atoms with Crippen LogP contribution in [0.15, 0.2) is 72.8 Å². The van der Waals surface area contributed by atoms with E-state index in [0.29, 0.717) is 19.6 Å². The van der Waals surface area contributed by atoms with Gasteiger partial charge in [0.05, 0.1) is 24.8 Å². The van der Waals surface area contributed by atoms with Crippen LogP contribution in [0, 0.1) is 6.92 Å². The van der Waals surface area contributed by atoms with Crippen molar-refractivity contribution >= 4 is 22.6 Å². The summed E-state index contributed by atoms with van der Waals surface area (Å²) in [4.78, 5) is 19.8. The van der Waals surface area contributed by atoms with Crippen molar-refractivity contribution in [2.75, 3.05) is 25.2 Å². The number of benzene rings is 3. The predicted molar refractivity (Wildman–Crippen MR) is 134 cm³/mol. The van der Waals surface area contributed by atoms with Crippen molar-refractivity contribution in [3.05, 3.63) is 84.2 Å². The number of aryl methyl sites for hydroxylation is 2. The van der Waals surface area contributed by atoms with E-state index in [4.69, 9.17) is 14.5 Å². The molecule has 6 heteroatoms. The summed E-state index contributed by atoms with van der Waals surface area (Å²) >= 11 is 0. The third kappa shape index (κ3) is 4.49. The Balaban J connectivity index is 1.35. The van der Waals surface area contributed by atoms with Crippen molar-refractivity contribution in [2.45, 2.75) is 32.2 Å². The molecule has 6 nitrogen and oxygen atoms in total. The lowest BCUT2D eigenvalue weighted by Crippen LogP contribution is -2.24. The van der Waals surface area contributed by atoms with Gasteiger partial charge in [0.25, 0.3) is 0 Å². The standard InChI is InChI=1S/C28H29N3O3/c1-20-8-5-11-24(16-20)34-15-7-14-30-26-13-4-3-12-25(26)29-28(30)21-17-27(32)31(19-21)22-9-6-10-23(18-22)33-2/h3-6,8-13,16,18,21H,7,14-15,17,19H2,1-2H3/t21-/m0/s1. The van der Waals surface area contributed by atoms with E-state index in [-0.39, 0.29) is 11.8 Å². The minimum Gasteiger partial charge on any atom is -0.497 e. The molecule has 0 radical (unpaired) electrons. The number of imidazole rings is 1. The van der Waals surface area contributed by atoms with E-state index in [2.05, 4.69) is 29.7 Å². The lowest BCUT2D eigenvalue weighted by Gasteiger charge is -2.18. The molecule has 2 heterocycles. The summed E-state index contributed by atoms with van der Waals surface area (Å²) in [6.45, 7) is 4.07. The zero-order valence-electron chi connectivity index (χ0n) is 19.6. The zero-order valence-corrected chi connectivity index (χ0v) is 19.6. The first-order valence-electron chi connectivity index (χ1n) is 11.7. The summed E-state index contributed by atoms with van der Waals surface area (Å²) < 4.78 is 13.6. The molecule has 1 aliphatic heterocycles. The molecule has 1 fully saturated rings. The van der Waals surface area contributed by atoms with E-state index in [1.807, 2.05) is 59.5 Å². The summed E-state index contributed by atoms with van der Waals surface area (Å²) in [5.74, 6) is 2.75. The molecule has 1 amide bonds. The third-order valence-corrected chi connectivity index (χ3v) is 6.32. The maximum Gasteiger partial charge on any atom is 0.227 e. The second-order valence-corrected chi connectivity index (χ2v) is 8.74. The van der Waals surface area contributed by atoms with Gasteiger partial charge in [0.15, 0.2) is 0 Å². The zero-order chi connectivity index (χ0) is 23.5. The fourth-order valence-corrected chi connectivity index (χ4v) is 4.67. The van der Waals surface area contributed by atoms with Gasteiger partial charge in [-0.1, -0.05) is 30.3 Å². The van der Waals surface area contributed by atoms with Crippen molar-refractivity contribution in [2.24, 2.45) is 0 Å². The Hall–Kier alpha value is -3.80. The maximum atomic E-state index is 13.0. The molecule has 1 aromatic heterocycles. The van der Waals surface area contributed by atoms with Gasteiger partial charge in [-0.05, 0) is 55.3 Å². The smallest absolute Gasteiger partial charge is 0.227 e. The summed E-state index contributed by atoms with van der Waals surface area (Å²) in [6, 6.07) is 24.0. The van der Waals surface area contributed by atoms with Crippen LogP contribution >= 0.6 is 0 Å². The molecule has 0 unspecified atom stereocenters. The van der Waals surface area contributed by atoms with Gasteiger partial charge >= 0.3 is 0 Å². The normalized spacial score (nSPS) is 15.8. The molecule has 0 aliphatic carbocycles. The number of amides is 1. The Morgan fingerprint density at radius 1 is 1.00 bits per heavy atom. The van der Waals surface area contributed by atoms with Crippen molar-refractivity contribution in [1.29, 1.82) is 0 Å². The van der Waals surface area contributed by atoms with Gasteiger partial charge in [0, 0.05) is 37.2 Å². The van der Waals surface area contributed by atoms with Crippen LogP contribution in [0.1, 0.15) is 30.1 Å². The van der Waals surface area contributed by atoms with E-state index < -0.39 is 0 Å². The van der Waals surface area contributed by atoms with Crippen LogP contribution in [0.25, 0.3) is 11.0 Å². The molecule has 1 aliphatic rings. The van der Waals surface area contributed by atoms with Gasteiger partial charge in [-0.2, -0.15) is 0 Å². The van der Waals surface area contributed by atoms with Crippen LogP contribution in [-0.2, 0) is 11.3 Å². The van der Waals surface area contributed by atoms with E-state index in [1.54, 1.807) is 7.11 Å². The number of para-hydroxylation sites is 2. The average molecular weight is 456 g/mol. The van der Waals surface area contributed by atoms with Gasteiger partial charge in [-0.15, -0.1) is 0 Å². The monoisotopic (exact) mass is 455 g/mol. The number of hydrogen-bond donors (Lipinski definition) is 0. The highest BCUT2D eigenvalue weighted by Crippen LogP contribution is 2.34. The molecule has 174 valence electrons. The molecule has 4 aromatic rings. The minimum atomic E-state index is 0.0313. The van der Waals surface area contributed by atoms with Crippen LogP contribution in [0.4, 0.5) is 5.69 Å². The van der Waals surface area contributed by atoms with Gasteiger partial charge < -0.3 is 18.9 Å². The number of hydrogen-bond acceptors (Lipinski definition) is 4. The number of aromatic nitrogens is 2. The van der Waals surface area contributed by atoms with Crippen LogP contribution in [-0.4, -0.2) is 35.7 Å². The molecule has 0 bridgehead atoms. The van der Waals surface area contributed by atoms with E-state index >= 15 is 0 Å². The van der Waals surface area contributed by atoms with Gasteiger partial charge in [0.1, 0.15) is 17.3 Å². The highest BCUT2D eigenvalue weighted by Gasteiger charge is 2.35. The number of carbonyl (C=O) groups excluding carboxylic acids is 1. The molecule has 1 saturated heterocycles. The van der Waals surface area contributed by atoms with Crippen LogP contribution < -0.4 is 14.4 Å². The van der Waals surface area contributed by atoms with E-state index in [1.165, 1.54) is 5.56 Å². The number of rotatable bonds is 8. The SMILES string of the molecule is COc1cccc(N2C[C@@H](c3nc4ccccc4n3CCCOc3cccc(C)c3)CC2=O)c1. The number of anilines is 1. The fraction of sp³-hybridized carbons (Fsp3) is 0.286. The molecule has 0 saturated carbocycles. The quantitative estimate of drug-likeness (QED) is 0.337. The van der Waals surface area contributed by atoms with Crippen LogP contribution in [0.5, 0.6) is 11.5 Å². The lowest BCUT2D eigenvalue weighted by atomic mass is 10.1. The fourth-order valence-electron chi connectivity index (χ4n) is 4.67. The molecular formula is C28H29N3O3. The average Bonchev–Trinajstić information content (AvgIpc) is 3.42. The Morgan fingerprint density at radius 3 is 2.68 bits per heavy atom. The topological polar surface area (TPSA) is 56.6 Å². The van der Waals surface area contributed by atoms with Crippen LogP contribution in [0.3, 0.4) is 0 Å². The number of ether oxygens (including phenoxy) is 2. The Labute approximate surface area is 199 Å². The Kier molecular flexibility index (Phi) is 6.21. The molecule has 34 heavy (non-hydrogen) atoms. The van der Waals surface area contributed by atoms with Crippen molar-refractivity contribution in [3.63, 3.8) is 0 Å². The minimum absolute atomic E-state index is 0.0313. The van der Waals surface area contributed by atoms with Gasteiger partial charge in [0.2, 0.25) is 5.91 Å². The molecule has 0 N–H and O–H groups in total. The molecule has 1 atom stereocenters. The third-order valence-electron chi connectivity index (χ3n) is 6.32. The number of methoxy groups -OCH3 is 1. The van der Waals surface area contributed by atoms with E-state index in [0.717, 1.165) is 47.0 Å². The number of carbonyl (C=O) groups is 1. The van der Waals surface area contributed by atoms with Gasteiger partial charge in [-0.25, -0.2) is 4.98 Å². The second-order valence-electron chi connectivity index (χ2n) is 8.74. The predicted octanol–water partition coefficient (Wildman–Crippen LogP) is 5.34. The molecule has 5 rings (SSSR count). The first-order valence-corrected chi connectivity index (χ1v) is 11.7. The summed E-state index contributed by atoms with van der Waals surface area (Å²) in [5.41, 5.74) is 4.11. The number of fused-ring (bicyclic) bond motifs is 1. The molecular weight excluding hydrogens is 426 g/mol. The number of nitrogens with zero attached hydrogens (tertiary/aromatic N) is 3.